The minimum atomic E-state index is 0.124. The van der Waals surface area contributed by atoms with Crippen molar-refractivity contribution in [3.63, 3.8) is 0 Å². The molecule has 1 amide bonds. The van der Waals surface area contributed by atoms with Crippen LogP contribution in [0.2, 0.25) is 5.02 Å². The molecule has 1 fully saturated rings. The smallest absolute Gasteiger partial charge is 0.242 e. The lowest BCUT2D eigenvalue weighted by molar-refractivity contribution is -0.128. The molecule has 0 saturated carbocycles. The van der Waals surface area contributed by atoms with E-state index in [0.717, 1.165) is 37.2 Å². The molecule has 20 heavy (non-hydrogen) atoms. The van der Waals surface area contributed by atoms with E-state index in [-0.39, 0.29) is 5.91 Å². The largest absolute Gasteiger partial charge is 0.389 e. The minimum absolute atomic E-state index is 0.124. The molecule has 2 rings (SSSR count). The van der Waals surface area contributed by atoms with Gasteiger partial charge in [-0.1, -0.05) is 23.8 Å². The third kappa shape index (κ3) is 3.41. The monoisotopic (exact) mass is 311 g/mol. The fourth-order valence-electron chi connectivity index (χ4n) is 2.38. The Labute approximate surface area is 129 Å². The highest BCUT2D eigenvalue weighted by molar-refractivity contribution is 7.80. The molecule has 0 aromatic heterocycles. The lowest BCUT2D eigenvalue weighted by atomic mass is 10.1. The van der Waals surface area contributed by atoms with Gasteiger partial charge in [-0.3, -0.25) is 4.79 Å². The Bertz CT molecular complexity index is 529. The van der Waals surface area contributed by atoms with Crippen LogP contribution in [0.25, 0.3) is 0 Å². The van der Waals surface area contributed by atoms with Crippen molar-refractivity contribution >= 4 is 40.4 Å². The van der Waals surface area contributed by atoms with E-state index in [1.54, 1.807) is 18.2 Å². The zero-order chi connectivity index (χ0) is 14.7. The molecule has 0 atom stereocenters. The quantitative estimate of drug-likeness (QED) is 0.865. The second-order valence-electron chi connectivity index (χ2n) is 4.97. The summed E-state index contributed by atoms with van der Waals surface area (Å²) in [4.78, 5) is 16.2. The number of likely N-dealkylation sites (tertiary alicyclic amines) is 1. The van der Waals surface area contributed by atoms with Gasteiger partial charge in [0.05, 0.1) is 6.54 Å². The van der Waals surface area contributed by atoms with E-state index in [9.17, 15) is 4.79 Å². The Hall–Kier alpha value is -1.33. The molecule has 1 aliphatic rings. The molecule has 0 radical (unpaired) electrons. The fourth-order valence-corrected chi connectivity index (χ4v) is 2.72. The molecular weight excluding hydrogens is 294 g/mol. The highest BCUT2D eigenvalue weighted by Crippen LogP contribution is 2.24. The number of rotatable bonds is 4. The molecule has 1 aliphatic heterocycles. The molecule has 0 spiro atoms. The average Bonchev–Trinajstić information content (AvgIpc) is 2.92. The van der Waals surface area contributed by atoms with E-state index in [1.807, 2.05) is 16.8 Å². The van der Waals surface area contributed by atoms with Crippen molar-refractivity contribution in [3.05, 3.63) is 28.8 Å². The van der Waals surface area contributed by atoms with Gasteiger partial charge in [-0.25, -0.2) is 0 Å². The highest BCUT2D eigenvalue weighted by atomic mass is 35.5. The van der Waals surface area contributed by atoms with Gasteiger partial charge in [-0.15, -0.1) is 0 Å². The summed E-state index contributed by atoms with van der Waals surface area (Å²) in [5.41, 5.74) is 7.25. The normalized spacial score (nSPS) is 14.4. The van der Waals surface area contributed by atoms with Gasteiger partial charge >= 0.3 is 0 Å². The molecule has 1 saturated heterocycles. The van der Waals surface area contributed by atoms with Crippen LogP contribution in [0.15, 0.2) is 18.2 Å². The second kappa shape index (κ2) is 6.41. The first kappa shape index (κ1) is 15.1. The van der Waals surface area contributed by atoms with Gasteiger partial charge in [0, 0.05) is 36.4 Å². The molecule has 108 valence electrons. The number of thiocarbonyl (C=S) groups is 1. The van der Waals surface area contributed by atoms with Crippen LogP contribution in [0.1, 0.15) is 18.4 Å². The molecular formula is C14H18ClN3OS. The summed E-state index contributed by atoms with van der Waals surface area (Å²) in [6.07, 6.45) is 2.18. The van der Waals surface area contributed by atoms with Gasteiger partial charge in [0.2, 0.25) is 5.91 Å². The van der Waals surface area contributed by atoms with Gasteiger partial charge in [-0.05, 0) is 31.0 Å². The van der Waals surface area contributed by atoms with Crippen molar-refractivity contribution in [1.82, 2.24) is 4.90 Å². The highest BCUT2D eigenvalue weighted by Gasteiger charge is 2.20. The van der Waals surface area contributed by atoms with Crippen molar-refractivity contribution in [2.45, 2.75) is 12.8 Å². The number of halogens is 1. The molecule has 1 aromatic rings. The molecule has 6 heteroatoms. The molecule has 0 unspecified atom stereocenters. The van der Waals surface area contributed by atoms with Gasteiger partial charge in [0.1, 0.15) is 4.99 Å². The molecule has 0 aliphatic carbocycles. The molecule has 1 aromatic carbocycles. The Morgan fingerprint density at radius 2 is 2.10 bits per heavy atom. The van der Waals surface area contributed by atoms with Crippen molar-refractivity contribution in [1.29, 1.82) is 0 Å². The summed E-state index contributed by atoms with van der Waals surface area (Å²) in [7, 11) is 1.85. The van der Waals surface area contributed by atoms with Crippen LogP contribution in [0, 0.1) is 0 Å². The number of likely N-dealkylation sites (N-methyl/N-ethyl adjacent to an activating group) is 1. The number of carbonyl (C=O) groups is 1. The first-order valence-electron chi connectivity index (χ1n) is 6.57. The maximum atomic E-state index is 12.2. The number of hydrogen-bond donors (Lipinski definition) is 1. The Kier molecular flexibility index (Phi) is 4.83. The van der Waals surface area contributed by atoms with Crippen LogP contribution in [-0.2, 0) is 4.79 Å². The van der Waals surface area contributed by atoms with E-state index in [0.29, 0.717) is 16.6 Å². The van der Waals surface area contributed by atoms with Crippen LogP contribution in [0.4, 0.5) is 5.69 Å². The fraction of sp³-hybridized carbons (Fsp3) is 0.429. The van der Waals surface area contributed by atoms with Crippen LogP contribution >= 0.6 is 23.8 Å². The summed E-state index contributed by atoms with van der Waals surface area (Å²) >= 11 is 11.1. The number of nitrogens with two attached hydrogens (primary N) is 1. The van der Waals surface area contributed by atoms with Gasteiger partial charge in [-0.2, -0.15) is 0 Å². The van der Waals surface area contributed by atoms with Crippen molar-refractivity contribution in [2.24, 2.45) is 5.73 Å². The zero-order valence-electron chi connectivity index (χ0n) is 11.4. The number of nitrogens with zero attached hydrogens (tertiary/aromatic N) is 2. The van der Waals surface area contributed by atoms with E-state index in [2.05, 4.69) is 0 Å². The van der Waals surface area contributed by atoms with E-state index < -0.39 is 0 Å². The van der Waals surface area contributed by atoms with Crippen LogP contribution in [0.3, 0.4) is 0 Å². The first-order valence-corrected chi connectivity index (χ1v) is 7.36. The van der Waals surface area contributed by atoms with Crippen molar-refractivity contribution < 1.29 is 4.79 Å². The second-order valence-corrected chi connectivity index (χ2v) is 5.85. The third-order valence-corrected chi connectivity index (χ3v) is 3.92. The zero-order valence-corrected chi connectivity index (χ0v) is 13.0. The predicted octanol–water partition coefficient (Wildman–Crippen LogP) is 2.03. The van der Waals surface area contributed by atoms with Crippen LogP contribution < -0.4 is 10.6 Å². The van der Waals surface area contributed by atoms with Crippen LogP contribution in [-0.4, -0.2) is 42.5 Å². The number of anilines is 1. The number of carbonyl (C=O) groups excluding carboxylic acids is 1. The molecule has 4 nitrogen and oxygen atoms in total. The van der Waals surface area contributed by atoms with E-state index in [1.165, 1.54) is 0 Å². The lowest BCUT2D eigenvalue weighted by Gasteiger charge is -2.24. The SMILES string of the molecule is CN(CC(=O)N1CCCC1)c1cc(Cl)ccc1C(N)=S. The number of hydrogen-bond acceptors (Lipinski definition) is 3. The Morgan fingerprint density at radius 3 is 2.70 bits per heavy atom. The molecule has 0 bridgehead atoms. The maximum absolute atomic E-state index is 12.2. The standard InChI is InChI=1S/C14H18ClN3OS/c1-17(9-13(19)18-6-2-3-7-18)12-8-10(15)4-5-11(12)14(16)20/h4-5,8H,2-3,6-7,9H2,1H3,(H2,16,20). The Balaban J connectivity index is 2.15. The maximum Gasteiger partial charge on any atom is 0.242 e. The summed E-state index contributed by atoms with van der Waals surface area (Å²) in [5.74, 6) is 0.124. The molecule has 1 heterocycles. The Morgan fingerprint density at radius 1 is 1.45 bits per heavy atom. The minimum Gasteiger partial charge on any atom is -0.389 e. The summed E-state index contributed by atoms with van der Waals surface area (Å²) in [6, 6.07) is 5.32. The summed E-state index contributed by atoms with van der Waals surface area (Å²) in [6.45, 7) is 2.00. The summed E-state index contributed by atoms with van der Waals surface area (Å²) < 4.78 is 0. The average molecular weight is 312 g/mol. The lowest BCUT2D eigenvalue weighted by Crippen LogP contribution is -2.37. The number of benzene rings is 1. The van der Waals surface area contributed by atoms with Gasteiger partial charge in [0.15, 0.2) is 0 Å². The summed E-state index contributed by atoms with van der Waals surface area (Å²) in [5, 5.41) is 0.598. The first-order chi connectivity index (χ1) is 9.49. The van der Waals surface area contributed by atoms with Gasteiger partial charge in [0.25, 0.3) is 0 Å². The predicted molar refractivity (Wildman–Crippen MR) is 86.4 cm³/mol. The van der Waals surface area contributed by atoms with E-state index in [4.69, 9.17) is 29.6 Å². The van der Waals surface area contributed by atoms with Gasteiger partial charge < -0.3 is 15.5 Å². The van der Waals surface area contributed by atoms with Crippen molar-refractivity contribution in [3.8, 4) is 0 Å². The topological polar surface area (TPSA) is 49.6 Å². The number of amides is 1. The van der Waals surface area contributed by atoms with Crippen LogP contribution in [0.5, 0.6) is 0 Å². The third-order valence-electron chi connectivity index (χ3n) is 3.47. The van der Waals surface area contributed by atoms with Crippen molar-refractivity contribution in [2.75, 3.05) is 31.6 Å². The van der Waals surface area contributed by atoms with E-state index >= 15 is 0 Å². The molecule has 2 N–H and O–H groups in total.